The van der Waals surface area contributed by atoms with Crippen molar-refractivity contribution in [2.75, 3.05) is 0 Å². The molecule has 104 valence electrons. The molecular formula is C15H21ClN2O. The molecule has 0 unspecified atom stereocenters. The van der Waals surface area contributed by atoms with Gasteiger partial charge in [-0.05, 0) is 31.4 Å². The van der Waals surface area contributed by atoms with E-state index in [0.29, 0.717) is 17.6 Å². The molecule has 4 heteroatoms. The van der Waals surface area contributed by atoms with Crippen molar-refractivity contribution in [3.63, 3.8) is 0 Å². The lowest BCUT2D eigenvalue weighted by Crippen LogP contribution is -2.46. The van der Waals surface area contributed by atoms with E-state index in [1.807, 2.05) is 29.2 Å². The summed E-state index contributed by atoms with van der Waals surface area (Å²) in [7, 11) is 0. The van der Waals surface area contributed by atoms with E-state index in [2.05, 4.69) is 0 Å². The first kappa shape index (κ1) is 14.4. The zero-order chi connectivity index (χ0) is 13.8. The van der Waals surface area contributed by atoms with E-state index in [1.54, 1.807) is 6.92 Å². The van der Waals surface area contributed by atoms with Crippen molar-refractivity contribution in [2.24, 2.45) is 5.73 Å². The van der Waals surface area contributed by atoms with E-state index in [9.17, 15) is 4.79 Å². The van der Waals surface area contributed by atoms with Gasteiger partial charge in [-0.1, -0.05) is 42.6 Å². The van der Waals surface area contributed by atoms with Gasteiger partial charge in [-0.15, -0.1) is 0 Å². The Bertz CT molecular complexity index is 442. The summed E-state index contributed by atoms with van der Waals surface area (Å²) in [6.45, 7) is 2.31. The van der Waals surface area contributed by atoms with Crippen molar-refractivity contribution in [3.8, 4) is 0 Å². The Balaban J connectivity index is 2.18. The molecule has 3 nitrogen and oxygen atoms in total. The summed E-state index contributed by atoms with van der Waals surface area (Å²) in [4.78, 5) is 14.2. The predicted octanol–water partition coefficient (Wildman–Crippen LogP) is 2.96. The average molecular weight is 281 g/mol. The van der Waals surface area contributed by atoms with Gasteiger partial charge in [0.1, 0.15) is 0 Å². The second kappa shape index (κ2) is 6.40. The molecule has 0 aliphatic heterocycles. The van der Waals surface area contributed by atoms with Gasteiger partial charge >= 0.3 is 0 Å². The van der Waals surface area contributed by atoms with Gasteiger partial charge in [-0.25, -0.2) is 0 Å². The van der Waals surface area contributed by atoms with E-state index < -0.39 is 6.04 Å². The highest BCUT2D eigenvalue weighted by atomic mass is 35.5. The third-order valence-electron chi connectivity index (χ3n) is 3.74. The Kier molecular flexibility index (Phi) is 4.83. The van der Waals surface area contributed by atoms with Gasteiger partial charge in [0.25, 0.3) is 0 Å². The first-order valence-electron chi connectivity index (χ1n) is 6.89. The summed E-state index contributed by atoms with van der Waals surface area (Å²) in [6.07, 6.45) is 4.53. The third-order valence-corrected chi connectivity index (χ3v) is 4.11. The molecule has 1 aliphatic rings. The van der Waals surface area contributed by atoms with Crippen LogP contribution in [0.25, 0.3) is 0 Å². The minimum absolute atomic E-state index is 0.0202. The van der Waals surface area contributed by atoms with Gasteiger partial charge in [0.05, 0.1) is 6.04 Å². The third kappa shape index (κ3) is 3.48. The minimum atomic E-state index is -0.455. The highest BCUT2D eigenvalue weighted by molar-refractivity contribution is 6.31. The van der Waals surface area contributed by atoms with Crippen molar-refractivity contribution in [3.05, 3.63) is 34.9 Å². The Morgan fingerprint density at radius 1 is 1.42 bits per heavy atom. The summed E-state index contributed by atoms with van der Waals surface area (Å²) < 4.78 is 0. The molecule has 1 aromatic carbocycles. The number of carbonyl (C=O) groups excluding carboxylic acids is 1. The zero-order valence-corrected chi connectivity index (χ0v) is 12.1. The Hall–Kier alpha value is -1.06. The number of benzene rings is 1. The number of hydrogen-bond donors (Lipinski definition) is 1. The predicted molar refractivity (Wildman–Crippen MR) is 77.9 cm³/mol. The molecule has 1 saturated carbocycles. The molecule has 2 N–H and O–H groups in total. The lowest BCUT2D eigenvalue weighted by Gasteiger charge is -2.31. The molecular weight excluding hydrogens is 260 g/mol. The largest absolute Gasteiger partial charge is 0.334 e. The number of amides is 1. The topological polar surface area (TPSA) is 46.3 Å². The van der Waals surface area contributed by atoms with Crippen LogP contribution in [0.2, 0.25) is 5.02 Å². The maximum atomic E-state index is 12.3. The standard InChI is InChI=1S/C15H21ClN2O/c1-11(17)15(19)18(13-7-3-4-8-13)10-12-6-2-5-9-14(12)16/h2,5-6,9,11,13H,3-4,7-8,10,17H2,1H3/t11-/m0/s1. The monoisotopic (exact) mass is 280 g/mol. The maximum absolute atomic E-state index is 12.3. The second-order valence-corrected chi connectivity index (χ2v) is 5.69. The van der Waals surface area contributed by atoms with Gasteiger partial charge in [0.15, 0.2) is 0 Å². The number of rotatable bonds is 4. The number of nitrogens with zero attached hydrogens (tertiary/aromatic N) is 1. The molecule has 1 amide bonds. The molecule has 0 aromatic heterocycles. The van der Waals surface area contributed by atoms with Crippen molar-refractivity contribution >= 4 is 17.5 Å². The molecule has 1 aliphatic carbocycles. The van der Waals surface area contributed by atoms with Crippen LogP contribution >= 0.6 is 11.6 Å². The smallest absolute Gasteiger partial charge is 0.239 e. The number of carbonyl (C=O) groups is 1. The van der Waals surface area contributed by atoms with Crippen LogP contribution in [0.4, 0.5) is 0 Å². The molecule has 1 aromatic rings. The van der Waals surface area contributed by atoms with Crippen LogP contribution in [-0.4, -0.2) is 22.9 Å². The van der Waals surface area contributed by atoms with E-state index in [1.165, 1.54) is 12.8 Å². The average Bonchev–Trinajstić information content (AvgIpc) is 2.90. The summed E-state index contributed by atoms with van der Waals surface area (Å²) in [6, 6.07) is 7.54. The van der Waals surface area contributed by atoms with Crippen LogP contribution in [0.1, 0.15) is 38.2 Å². The van der Waals surface area contributed by atoms with Gasteiger partial charge in [-0.3, -0.25) is 4.79 Å². The molecule has 0 bridgehead atoms. The Morgan fingerprint density at radius 3 is 2.63 bits per heavy atom. The minimum Gasteiger partial charge on any atom is -0.334 e. The fraction of sp³-hybridized carbons (Fsp3) is 0.533. The molecule has 19 heavy (non-hydrogen) atoms. The summed E-state index contributed by atoms with van der Waals surface area (Å²) in [5.41, 5.74) is 6.76. The fourth-order valence-electron chi connectivity index (χ4n) is 2.67. The van der Waals surface area contributed by atoms with Crippen LogP contribution in [0.5, 0.6) is 0 Å². The van der Waals surface area contributed by atoms with Crippen LogP contribution in [-0.2, 0) is 11.3 Å². The quantitative estimate of drug-likeness (QED) is 0.922. The van der Waals surface area contributed by atoms with Crippen molar-refractivity contribution in [2.45, 2.75) is 51.2 Å². The number of nitrogens with two attached hydrogens (primary N) is 1. The normalized spacial score (nSPS) is 17.4. The summed E-state index contributed by atoms with van der Waals surface area (Å²) in [5, 5.41) is 0.711. The van der Waals surface area contributed by atoms with Crippen molar-refractivity contribution in [1.29, 1.82) is 0 Å². The van der Waals surface area contributed by atoms with Crippen molar-refractivity contribution < 1.29 is 4.79 Å². The molecule has 0 saturated heterocycles. The van der Waals surface area contributed by atoms with Crippen LogP contribution in [0.15, 0.2) is 24.3 Å². The van der Waals surface area contributed by atoms with Gasteiger partial charge in [0, 0.05) is 17.6 Å². The van der Waals surface area contributed by atoms with Crippen LogP contribution < -0.4 is 5.73 Å². The molecule has 0 radical (unpaired) electrons. The molecule has 0 heterocycles. The molecule has 0 spiro atoms. The van der Waals surface area contributed by atoms with E-state index >= 15 is 0 Å². The first-order valence-corrected chi connectivity index (χ1v) is 7.27. The second-order valence-electron chi connectivity index (χ2n) is 5.28. The molecule has 2 rings (SSSR count). The van der Waals surface area contributed by atoms with E-state index in [0.717, 1.165) is 18.4 Å². The van der Waals surface area contributed by atoms with Crippen LogP contribution in [0, 0.1) is 0 Å². The Morgan fingerprint density at radius 2 is 2.05 bits per heavy atom. The van der Waals surface area contributed by atoms with Gasteiger partial charge in [-0.2, -0.15) is 0 Å². The number of hydrogen-bond acceptors (Lipinski definition) is 2. The highest BCUT2D eigenvalue weighted by Gasteiger charge is 2.28. The SMILES string of the molecule is C[C@H](N)C(=O)N(Cc1ccccc1Cl)C1CCCC1. The van der Waals surface area contributed by atoms with E-state index in [-0.39, 0.29) is 5.91 Å². The molecule has 1 fully saturated rings. The van der Waals surface area contributed by atoms with Gasteiger partial charge < -0.3 is 10.6 Å². The maximum Gasteiger partial charge on any atom is 0.239 e. The van der Waals surface area contributed by atoms with Crippen LogP contribution in [0.3, 0.4) is 0 Å². The molecule has 1 atom stereocenters. The summed E-state index contributed by atoms with van der Waals surface area (Å²) >= 11 is 6.19. The number of halogens is 1. The zero-order valence-electron chi connectivity index (χ0n) is 11.3. The van der Waals surface area contributed by atoms with Crippen molar-refractivity contribution in [1.82, 2.24) is 4.90 Å². The van der Waals surface area contributed by atoms with E-state index in [4.69, 9.17) is 17.3 Å². The highest BCUT2D eigenvalue weighted by Crippen LogP contribution is 2.27. The fourth-order valence-corrected chi connectivity index (χ4v) is 2.87. The van der Waals surface area contributed by atoms with Gasteiger partial charge in [0.2, 0.25) is 5.91 Å². The summed E-state index contributed by atoms with van der Waals surface area (Å²) in [5.74, 6) is 0.0202. The lowest BCUT2D eigenvalue weighted by atomic mass is 10.1. The Labute approximate surface area is 119 Å². The first-order chi connectivity index (χ1) is 9.09. The lowest BCUT2D eigenvalue weighted by molar-refractivity contribution is -0.135.